The van der Waals surface area contributed by atoms with Gasteiger partial charge in [0.25, 0.3) is 16.6 Å². The summed E-state index contributed by atoms with van der Waals surface area (Å²) < 4.78 is 30.1. The summed E-state index contributed by atoms with van der Waals surface area (Å²) in [6.07, 6.45) is 4.12. The zero-order chi connectivity index (χ0) is 27.5. The minimum Gasteiger partial charge on any atom is -0.541 e. The van der Waals surface area contributed by atoms with Gasteiger partial charge in [-0.25, -0.2) is 0 Å². The fourth-order valence-corrected chi connectivity index (χ4v) is 5.07. The molecular formula is C29H46O5Si2. The quantitative estimate of drug-likeness (QED) is 0.240. The van der Waals surface area contributed by atoms with Crippen molar-refractivity contribution in [1.29, 1.82) is 0 Å². The van der Waals surface area contributed by atoms with Gasteiger partial charge in [-0.3, -0.25) is 0 Å². The van der Waals surface area contributed by atoms with Crippen LogP contribution in [0.1, 0.15) is 52.7 Å². The van der Waals surface area contributed by atoms with Crippen molar-refractivity contribution in [2.45, 2.75) is 77.8 Å². The van der Waals surface area contributed by atoms with Crippen molar-refractivity contribution in [2.24, 2.45) is 0 Å². The largest absolute Gasteiger partial charge is 0.541 e. The second-order valence-corrected chi connectivity index (χ2v) is 21.7. The number of rotatable bonds is 9. The van der Waals surface area contributed by atoms with Gasteiger partial charge >= 0.3 is 0 Å². The Balaban J connectivity index is 2.48. The van der Waals surface area contributed by atoms with Crippen molar-refractivity contribution in [3.63, 3.8) is 0 Å². The van der Waals surface area contributed by atoms with Gasteiger partial charge in [0.2, 0.25) is 5.75 Å². The smallest absolute Gasteiger partial charge is 0.250 e. The van der Waals surface area contributed by atoms with Crippen LogP contribution in [0.2, 0.25) is 36.3 Å². The van der Waals surface area contributed by atoms with E-state index in [1.807, 2.05) is 30.3 Å². The van der Waals surface area contributed by atoms with E-state index in [4.69, 9.17) is 23.1 Å². The lowest BCUT2D eigenvalue weighted by molar-refractivity contribution is 0.340. The second kappa shape index (κ2) is 10.9. The van der Waals surface area contributed by atoms with Crippen LogP contribution >= 0.6 is 0 Å². The van der Waals surface area contributed by atoms with Crippen LogP contribution in [0, 0.1) is 0 Å². The Morgan fingerprint density at radius 2 is 1.00 bits per heavy atom. The Bertz CT molecular complexity index is 1080. The topological polar surface area (TPSA) is 46.2 Å². The van der Waals surface area contributed by atoms with Gasteiger partial charge in [-0.2, -0.15) is 0 Å². The van der Waals surface area contributed by atoms with Gasteiger partial charge in [-0.05, 0) is 71.7 Å². The summed E-state index contributed by atoms with van der Waals surface area (Å²) in [7, 11) is 0.871. The summed E-state index contributed by atoms with van der Waals surface area (Å²) in [5.74, 6) is 3.49. The van der Waals surface area contributed by atoms with Crippen molar-refractivity contribution in [1.82, 2.24) is 0 Å². The molecule has 0 radical (unpaired) electrons. The zero-order valence-corrected chi connectivity index (χ0v) is 26.6. The summed E-state index contributed by atoms with van der Waals surface area (Å²) >= 11 is 0. The third kappa shape index (κ3) is 6.88. The Labute approximate surface area is 221 Å². The molecule has 0 saturated heterocycles. The van der Waals surface area contributed by atoms with Gasteiger partial charge in [0.15, 0.2) is 17.2 Å². The van der Waals surface area contributed by atoms with Gasteiger partial charge in [-0.15, -0.1) is 0 Å². The maximum absolute atomic E-state index is 6.63. The monoisotopic (exact) mass is 530 g/mol. The van der Waals surface area contributed by atoms with Crippen LogP contribution in [-0.2, 0) is 0 Å². The molecule has 0 heterocycles. The Morgan fingerprint density at radius 3 is 1.47 bits per heavy atom. The van der Waals surface area contributed by atoms with E-state index >= 15 is 0 Å². The van der Waals surface area contributed by atoms with E-state index < -0.39 is 16.6 Å². The fraction of sp³-hybridized carbons (Fsp3) is 0.517. The minimum atomic E-state index is -2.08. The summed E-state index contributed by atoms with van der Waals surface area (Å²) in [4.78, 5) is 0. The molecule has 0 saturated carbocycles. The number of hydrogen-bond acceptors (Lipinski definition) is 5. The average molecular weight is 531 g/mol. The van der Waals surface area contributed by atoms with E-state index in [0.29, 0.717) is 17.2 Å². The maximum atomic E-state index is 6.63. The van der Waals surface area contributed by atoms with Crippen molar-refractivity contribution in [2.75, 3.05) is 21.3 Å². The normalized spacial score (nSPS) is 13.0. The number of hydrogen-bond donors (Lipinski definition) is 0. The van der Waals surface area contributed by atoms with Gasteiger partial charge in [-0.1, -0.05) is 59.8 Å². The van der Waals surface area contributed by atoms with Gasteiger partial charge < -0.3 is 23.1 Å². The molecular weight excluding hydrogens is 484 g/mol. The van der Waals surface area contributed by atoms with Crippen LogP contribution in [0.25, 0.3) is 12.2 Å². The lowest BCUT2D eigenvalue weighted by Crippen LogP contribution is -2.44. The van der Waals surface area contributed by atoms with Crippen LogP contribution in [0.5, 0.6) is 28.7 Å². The predicted octanol–water partition coefficient (Wildman–Crippen LogP) is 8.65. The predicted molar refractivity (Wildman–Crippen MR) is 157 cm³/mol. The van der Waals surface area contributed by atoms with Crippen LogP contribution in [0.15, 0.2) is 30.3 Å². The third-order valence-corrected chi connectivity index (χ3v) is 16.2. The zero-order valence-electron chi connectivity index (χ0n) is 24.6. The van der Waals surface area contributed by atoms with Crippen molar-refractivity contribution < 1.29 is 23.1 Å². The molecule has 0 bridgehead atoms. The average Bonchev–Trinajstić information content (AvgIpc) is 2.75. The number of methoxy groups -OCH3 is 3. The second-order valence-electron chi connectivity index (χ2n) is 12.2. The first-order valence-corrected chi connectivity index (χ1v) is 18.3. The molecule has 0 aromatic heterocycles. The summed E-state index contributed by atoms with van der Waals surface area (Å²) in [5.41, 5.74) is 1.98. The van der Waals surface area contributed by atoms with Gasteiger partial charge in [0.1, 0.15) is 5.75 Å². The molecule has 0 atom stereocenters. The minimum absolute atomic E-state index is 0.0563. The molecule has 0 aliphatic heterocycles. The number of ether oxygens (including phenoxy) is 3. The molecule has 0 fully saturated rings. The van der Waals surface area contributed by atoms with E-state index in [-0.39, 0.29) is 10.1 Å². The molecule has 2 aromatic rings. The van der Waals surface area contributed by atoms with E-state index in [1.165, 1.54) is 0 Å². The highest BCUT2D eigenvalue weighted by Gasteiger charge is 2.40. The molecule has 0 unspecified atom stereocenters. The van der Waals surface area contributed by atoms with Crippen molar-refractivity contribution >= 4 is 28.8 Å². The first-order valence-electron chi connectivity index (χ1n) is 12.5. The lowest BCUT2D eigenvalue weighted by atomic mass is 10.1. The third-order valence-electron chi connectivity index (χ3n) is 7.47. The molecule has 2 aromatic carbocycles. The van der Waals surface area contributed by atoms with E-state index in [9.17, 15) is 0 Å². The van der Waals surface area contributed by atoms with Crippen LogP contribution < -0.4 is 23.1 Å². The first-order chi connectivity index (χ1) is 16.5. The Hall–Kier alpha value is -2.39. The standard InChI is InChI=1S/C29H46O5Si2/c1-28(2,3)35(10,11)33-24-18-21(16-17-23(24)30-7)14-15-22-19-25(31-8)27(32-9)26(20-22)34-36(12,13)29(4,5)6/h14-20H,1-13H3/b15-14+. The molecule has 0 spiro atoms. The SMILES string of the molecule is COc1ccc(/C=C/c2cc(OC)c(OC)c(O[Si](C)(C)C(C)(C)C)c2)cc1O[Si](C)(C)C(C)(C)C. The highest BCUT2D eigenvalue weighted by Crippen LogP contribution is 2.44. The van der Waals surface area contributed by atoms with Crippen molar-refractivity contribution in [3.05, 3.63) is 41.5 Å². The highest BCUT2D eigenvalue weighted by atomic mass is 28.4. The molecule has 0 amide bonds. The van der Waals surface area contributed by atoms with E-state index in [0.717, 1.165) is 22.6 Å². The van der Waals surface area contributed by atoms with E-state index in [1.54, 1.807) is 21.3 Å². The molecule has 200 valence electrons. The molecule has 2 rings (SSSR count). The molecule has 36 heavy (non-hydrogen) atoms. The molecule has 0 aliphatic carbocycles. The Kier molecular flexibility index (Phi) is 9.06. The van der Waals surface area contributed by atoms with Crippen LogP contribution in [0.4, 0.5) is 0 Å². The van der Waals surface area contributed by atoms with Gasteiger partial charge in [0, 0.05) is 0 Å². The summed E-state index contributed by atoms with van der Waals surface area (Å²) in [6, 6.07) is 10.0. The van der Waals surface area contributed by atoms with Crippen LogP contribution in [-0.4, -0.2) is 38.0 Å². The first kappa shape index (κ1) is 29.8. The molecule has 0 aliphatic rings. The van der Waals surface area contributed by atoms with Crippen molar-refractivity contribution in [3.8, 4) is 28.7 Å². The molecule has 0 N–H and O–H groups in total. The fourth-order valence-electron chi connectivity index (χ4n) is 3.05. The summed E-state index contributed by atoms with van der Waals surface area (Å²) in [6.45, 7) is 22.3. The Morgan fingerprint density at radius 1 is 0.556 bits per heavy atom. The maximum Gasteiger partial charge on any atom is 0.250 e. The number of benzene rings is 2. The molecule has 5 nitrogen and oxygen atoms in total. The molecule has 7 heteroatoms. The van der Waals surface area contributed by atoms with Crippen LogP contribution in [0.3, 0.4) is 0 Å². The highest BCUT2D eigenvalue weighted by molar-refractivity contribution is 6.75. The van der Waals surface area contributed by atoms with E-state index in [2.05, 4.69) is 79.9 Å². The lowest BCUT2D eigenvalue weighted by Gasteiger charge is -2.37. The summed E-state index contributed by atoms with van der Waals surface area (Å²) in [5, 5.41) is 0.144. The van der Waals surface area contributed by atoms with Gasteiger partial charge in [0.05, 0.1) is 21.3 Å².